The standard InChI is InChI=1S/C14H12BrN3/c15-13-7-11(8-16)3-6-14(13)18-9-10-1-4-12(17)5-2-10/h1-7,18H,9,17H2. The molecule has 4 heteroatoms. The van der Waals surface area contributed by atoms with Crippen LogP contribution in [0.1, 0.15) is 11.1 Å². The van der Waals surface area contributed by atoms with Gasteiger partial charge in [0.2, 0.25) is 0 Å². The largest absolute Gasteiger partial charge is 0.399 e. The first-order valence-electron chi connectivity index (χ1n) is 5.47. The van der Waals surface area contributed by atoms with Crippen molar-refractivity contribution in [3.63, 3.8) is 0 Å². The molecular weight excluding hydrogens is 290 g/mol. The molecule has 2 rings (SSSR count). The number of nitrogen functional groups attached to an aromatic ring is 1. The molecule has 3 nitrogen and oxygen atoms in total. The summed E-state index contributed by atoms with van der Waals surface area (Å²) in [7, 11) is 0. The van der Waals surface area contributed by atoms with Crippen molar-refractivity contribution in [2.45, 2.75) is 6.54 Å². The van der Waals surface area contributed by atoms with E-state index in [0.717, 1.165) is 21.4 Å². The molecule has 0 aliphatic heterocycles. The van der Waals surface area contributed by atoms with E-state index in [4.69, 9.17) is 11.0 Å². The van der Waals surface area contributed by atoms with Gasteiger partial charge in [-0.2, -0.15) is 5.26 Å². The smallest absolute Gasteiger partial charge is 0.0992 e. The van der Waals surface area contributed by atoms with E-state index >= 15 is 0 Å². The topological polar surface area (TPSA) is 61.8 Å². The van der Waals surface area contributed by atoms with Crippen molar-refractivity contribution in [3.8, 4) is 6.07 Å². The molecule has 0 fully saturated rings. The zero-order valence-electron chi connectivity index (χ0n) is 9.65. The number of hydrogen-bond donors (Lipinski definition) is 2. The summed E-state index contributed by atoms with van der Waals surface area (Å²) in [6.45, 7) is 0.713. The van der Waals surface area contributed by atoms with Gasteiger partial charge in [0, 0.05) is 22.4 Å². The zero-order valence-corrected chi connectivity index (χ0v) is 11.2. The lowest BCUT2D eigenvalue weighted by atomic mass is 10.2. The third kappa shape index (κ3) is 3.02. The van der Waals surface area contributed by atoms with Crippen molar-refractivity contribution in [1.82, 2.24) is 0 Å². The predicted octanol–water partition coefficient (Wildman–Crippen LogP) is 3.52. The van der Waals surface area contributed by atoms with E-state index in [9.17, 15) is 0 Å². The molecule has 0 bridgehead atoms. The monoisotopic (exact) mass is 301 g/mol. The van der Waals surface area contributed by atoms with Crippen molar-refractivity contribution in [1.29, 1.82) is 5.26 Å². The van der Waals surface area contributed by atoms with Crippen molar-refractivity contribution < 1.29 is 0 Å². The molecule has 0 unspecified atom stereocenters. The second-order valence-corrected chi connectivity index (χ2v) is 4.76. The lowest BCUT2D eigenvalue weighted by molar-refractivity contribution is 1.15. The average molecular weight is 302 g/mol. The summed E-state index contributed by atoms with van der Waals surface area (Å²) < 4.78 is 0.886. The SMILES string of the molecule is N#Cc1ccc(NCc2ccc(N)cc2)c(Br)c1. The van der Waals surface area contributed by atoms with Crippen molar-refractivity contribution >= 4 is 27.3 Å². The number of anilines is 2. The van der Waals surface area contributed by atoms with E-state index in [2.05, 4.69) is 27.3 Å². The van der Waals surface area contributed by atoms with Crippen LogP contribution in [0, 0.1) is 11.3 Å². The van der Waals surface area contributed by atoms with Crippen LogP contribution >= 0.6 is 15.9 Å². The summed E-state index contributed by atoms with van der Waals surface area (Å²) in [5, 5.41) is 12.1. The predicted molar refractivity (Wildman–Crippen MR) is 77.0 cm³/mol. The highest BCUT2D eigenvalue weighted by Gasteiger charge is 2.01. The summed E-state index contributed by atoms with van der Waals surface area (Å²) in [4.78, 5) is 0. The minimum atomic E-state index is 0.639. The first kappa shape index (κ1) is 12.5. The van der Waals surface area contributed by atoms with E-state index in [0.29, 0.717) is 12.1 Å². The Morgan fingerprint density at radius 2 is 1.89 bits per heavy atom. The Hall–Kier alpha value is -1.99. The normalized spacial score (nSPS) is 9.78. The molecule has 0 aliphatic carbocycles. The zero-order chi connectivity index (χ0) is 13.0. The highest BCUT2D eigenvalue weighted by molar-refractivity contribution is 9.10. The molecule has 0 heterocycles. The molecule has 0 aliphatic rings. The molecule has 2 aromatic rings. The number of rotatable bonds is 3. The fourth-order valence-electron chi connectivity index (χ4n) is 1.56. The lowest BCUT2D eigenvalue weighted by Crippen LogP contribution is -2.00. The van der Waals surface area contributed by atoms with Crippen LogP contribution in [0.25, 0.3) is 0 Å². The maximum atomic E-state index is 8.78. The van der Waals surface area contributed by atoms with E-state index in [1.54, 1.807) is 12.1 Å². The number of benzene rings is 2. The number of nitrogens with one attached hydrogen (secondary N) is 1. The third-order valence-corrected chi connectivity index (χ3v) is 3.22. The van der Waals surface area contributed by atoms with Gasteiger partial charge >= 0.3 is 0 Å². The van der Waals surface area contributed by atoms with Gasteiger partial charge in [-0.25, -0.2) is 0 Å². The Labute approximate surface area is 114 Å². The Kier molecular flexibility index (Phi) is 3.85. The van der Waals surface area contributed by atoms with Gasteiger partial charge in [0.05, 0.1) is 11.6 Å². The van der Waals surface area contributed by atoms with Crippen LogP contribution in [0.2, 0.25) is 0 Å². The highest BCUT2D eigenvalue weighted by Crippen LogP contribution is 2.24. The molecule has 90 valence electrons. The molecule has 0 spiro atoms. The van der Waals surface area contributed by atoms with Crippen molar-refractivity contribution in [2.24, 2.45) is 0 Å². The maximum absolute atomic E-state index is 8.78. The number of nitriles is 1. The minimum absolute atomic E-state index is 0.639. The van der Waals surface area contributed by atoms with E-state index in [-0.39, 0.29) is 0 Å². The van der Waals surface area contributed by atoms with Crippen LogP contribution in [-0.4, -0.2) is 0 Å². The quantitative estimate of drug-likeness (QED) is 0.853. The van der Waals surface area contributed by atoms with Crippen LogP contribution in [0.3, 0.4) is 0 Å². The molecule has 3 N–H and O–H groups in total. The molecule has 0 atom stereocenters. The molecule has 0 radical (unpaired) electrons. The van der Waals surface area contributed by atoms with Crippen LogP contribution in [0.5, 0.6) is 0 Å². The van der Waals surface area contributed by atoms with Crippen molar-refractivity contribution in [3.05, 3.63) is 58.1 Å². The maximum Gasteiger partial charge on any atom is 0.0992 e. The fourth-order valence-corrected chi connectivity index (χ4v) is 2.08. The molecule has 0 aromatic heterocycles. The fraction of sp³-hybridized carbons (Fsp3) is 0.0714. The summed E-state index contributed by atoms with van der Waals surface area (Å²) in [6, 6.07) is 15.3. The van der Waals surface area contributed by atoms with Gasteiger partial charge in [-0.1, -0.05) is 12.1 Å². The summed E-state index contributed by atoms with van der Waals surface area (Å²) in [5.74, 6) is 0. The van der Waals surface area contributed by atoms with Gasteiger partial charge in [-0.15, -0.1) is 0 Å². The Bertz CT molecular complexity index is 585. The van der Waals surface area contributed by atoms with Gasteiger partial charge in [-0.3, -0.25) is 0 Å². The van der Waals surface area contributed by atoms with Gasteiger partial charge < -0.3 is 11.1 Å². The molecule has 0 saturated carbocycles. The van der Waals surface area contributed by atoms with E-state index < -0.39 is 0 Å². The number of nitrogens with zero attached hydrogens (tertiary/aromatic N) is 1. The summed E-state index contributed by atoms with van der Waals surface area (Å²) in [5.41, 5.74) is 9.15. The Balaban J connectivity index is 2.06. The van der Waals surface area contributed by atoms with Gasteiger partial charge in [-0.05, 0) is 51.8 Å². The van der Waals surface area contributed by atoms with E-state index in [1.165, 1.54) is 0 Å². The molecule has 0 saturated heterocycles. The first-order chi connectivity index (χ1) is 8.69. The van der Waals surface area contributed by atoms with Crippen LogP contribution in [0.4, 0.5) is 11.4 Å². The Morgan fingerprint density at radius 3 is 2.50 bits per heavy atom. The average Bonchev–Trinajstić information content (AvgIpc) is 2.39. The summed E-state index contributed by atoms with van der Waals surface area (Å²) in [6.07, 6.45) is 0. The van der Waals surface area contributed by atoms with Crippen molar-refractivity contribution in [2.75, 3.05) is 11.1 Å². The molecule has 2 aromatic carbocycles. The lowest BCUT2D eigenvalue weighted by Gasteiger charge is -2.09. The van der Waals surface area contributed by atoms with Crippen LogP contribution < -0.4 is 11.1 Å². The molecule has 0 amide bonds. The highest BCUT2D eigenvalue weighted by atomic mass is 79.9. The number of hydrogen-bond acceptors (Lipinski definition) is 3. The van der Waals surface area contributed by atoms with Crippen LogP contribution in [-0.2, 0) is 6.54 Å². The second kappa shape index (κ2) is 5.56. The molecule has 18 heavy (non-hydrogen) atoms. The van der Waals surface area contributed by atoms with Crippen LogP contribution in [0.15, 0.2) is 46.9 Å². The summed E-state index contributed by atoms with van der Waals surface area (Å²) >= 11 is 3.44. The van der Waals surface area contributed by atoms with Gasteiger partial charge in [0.1, 0.15) is 0 Å². The van der Waals surface area contributed by atoms with E-state index in [1.807, 2.05) is 30.3 Å². The third-order valence-electron chi connectivity index (χ3n) is 2.56. The number of nitrogens with two attached hydrogens (primary N) is 1. The number of halogens is 1. The Morgan fingerprint density at radius 1 is 1.17 bits per heavy atom. The first-order valence-corrected chi connectivity index (χ1v) is 6.26. The second-order valence-electron chi connectivity index (χ2n) is 3.90. The minimum Gasteiger partial charge on any atom is -0.399 e. The molecular formula is C14H12BrN3. The van der Waals surface area contributed by atoms with Gasteiger partial charge in [0.25, 0.3) is 0 Å². The van der Waals surface area contributed by atoms with Gasteiger partial charge in [0.15, 0.2) is 0 Å².